The maximum absolute atomic E-state index is 6.41. The molecule has 2 unspecified atom stereocenters. The zero-order chi connectivity index (χ0) is 8.89. The molecule has 3 fully saturated rings. The Hall–Kier alpha value is -0.0400. The molecule has 3 saturated carbocycles. The Balaban J connectivity index is 1.52. The van der Waals surface area contributed by atoms with Crippen LogP contribution in [0.4, 0.5) is 0 Å². The van der Waals surface area contributed by atoms with E-state index in [-0.39, 0.29) is 0 Å². The second-order valence-corrected chi connectivity index (χ2v) is 5.74. The van der Waals surface area contributed by atoms with E-state index in [2.05, 4.69) is 0 Å². The largest absolute Gasteiger partial charge is 0.325 e. The molecule has 2 atom stereocenters. The number of hydrogen-bond donors (Lipinski definition) is 1. The lowest BCUT2D eigenvalue weighted by atomic mass is 9.76. The Morgan fingerprint density at radius 3 is 2.23 bits per heavy atom. The molecular formula is C12H21N. The van der Waals surface area contributed by atoms with Crippen LogP contribution in [0.15, 0.2) is 0 Å². The predicted octanol–water partition coefficient (Wildman–Crippen LogP) is 2.69. The third-order valence-electron chi connectivity index (χ3n) is 4.79. The minimum Gasteiger partial charge on any atom is -0.325 e. The fraction of sp³-hybridized carbons (Fsp3) is 1.00. The molecule has 74 valence electrons. The summed E-state index contributed by atoms with van der Waals surface area (Å²) in [5, 5.41) is 0. The molecule has 0 heterocycles. The summed E-state index contributed by atoms with van der Waals surface area (Å²) in [6.07, 6.45) is 11.5. The van der Waals surface area contributed by atoms with E-state index < -0.39 is 0 Å². The van der Waals surface area contributed by atoms with Crippen molar-refractivity contribution in [3.05, 3.63) is 0 Å². The standard InChI is InChI=1S/C12H21N/c13-12(7-9-3-1-4-9)8-11(12)10-5-2-6-10/h9-11H,1-8,13H2. The molecule has 0 aliphatic heterocycles. The monoisotopic (exact) mass is 179 g/mol. The highest BCUT2D eigenvalue weighted by atomic mass is 14.9. The van der Waals surface area contributed by atoms with Crippen LogP contribution in [0.2, 0.25) is 0 Å². The SMILES string of the molecule is NC1(CC2CCC2)CC1C1CCC1. The molecular weight excluding hydrogens is 158 g/mol. The van der Waals surface area contributed by atoms with Crippen molar-refractivity contribution < 1.29 is 0 Å². The maximum Gasteiger partial charge on any atom is 0.0192 e. The lowest BCUT2D eigenvalue weighted by molar-refractivity contribution is 0.220. The summed E-state index contributed by atoms with van der Waals surface area (Å²) in [6, 6.07) is 0. The number of hydrogen-bond acceptors (Lipinski definition) is 1. The minimum absolute atomic E-state index is 0.316. The summed E-state index contributed by atoms with van der Waals surface area (Å²) in [5.74, 6) is 2.97. The van der Waals surface area contributed by atoms with Crippen LogP contribution in [0.25, 0.3) is 0 Å². The molecule has 1 heteroatoms. The molecule has 0 spiro atoms. The summed E-state index contributed by atoms with van der Waals surface area (Å²) in [6.45, 7) is 0. The summed E-state index contributed by atoms with van der Waals surface area (Å²) < 4.78 is 0. The highest BCUT2D eigenvalue weighted by Crippen LogP contribution is 2.56. The molecule has 0 bridgehead atoms. The second kappa shape index (κ2) is 2.73. The zero-order valence-electron chi connectivity index (χ0n) is 8.47. The van der Waals surface area contributed by atoms with E-state index in [0.29, 0.717) is 5.54 Å². The fourth-order valence-electron chi connectivity index (χ4n) is 3.30. The molecule has 0 aromatic rings. The number of nitrogens with two attached hydrogens (primary N) is 1. The van der Waals surface area contributed by atoms with E-state index in [4.69, 9.17) is 5.73 Å². The first kappa shape index (κ1) is 8.28. The van der Waals surface area contributed by atoms with Crippen molar-refractivity contribution in [2.75, 3.05) is 0 Å². The smallest absolute Gasteiger partial charge is 0.0192 e. The van der Waals surface area contributed by atoms with Gasteiger partial charge in [0.05, 0.1) is 0 Å². The summed E-state index contributed by atoms with van der Waals surface area (Å²) in [5.41, 5.74) is 6.73. The molecule has 0 amide bonds. The van der Waals surface area contributed by atoms with Gasteiger partial charge in [0.1, 0.15) is 0 Å². The molecule has 0 aromatic heterocycles. The Morgan fingerprint density at radius 2 is 1.77 bits per heavy atom. The van der Waals surface area contributed by atoms with Gasteiger partial charge in [-0.2, -0.15) is 0 Å². The van der Waals surface area contributed by atoms with E-state index in [1.165, 1.54) is 51.4 Å². The van der Waals surface area contributed by atoms with Crippen LogP contribution in [0, 0.1) is 17.8 Å². The van der Waals surface area contributed by atoms with Crippen LogP contribution >= 0.6 is 0 Å². The second-order valence-electron chi connectivity index (χ2n) is 5.74. The molecule has 3 aliphatic rings. The molecule has 3 aliphatic carbocycles. The van der Waals surface area contributed by atoms with Gasteiger partial charge in [-0.3, -0.25) is 0 Å². The summed E-state index contributed by atoms with van der Waals surface area (Å²) in [7, 11) is 0. The van der Waals surface area contributed by atoms with Crippen molar-refractivity contribution in [2.45, 2.75) is 56.9 Å². The molecule has 1 nitrogen and oxygen atoms in total. The van der Waals surface area contributed by atoms with E-state index >= 15 is 0 Å². The van der Waals surface area contributed by atoms with Gasteiger partial charge in [-0.1, -0.05) is 38.5 Å². The molecule has 0 aromatic carbocycles. The molecule has 3 rings (SSSR count). The van der Waals surface area contributed by atoms with E-state index in [1.807, 2.05) is 0 Å². The van der Waals surface area contributed by atoms with Gasteiger partial charge in [0.15, 0.2) is 0 Å². The highest BCUT2D eigenvalue weighted by molar-refractivity contribution is 5.12. The summed E-state index contributed by atoms with van der Waals surface area (Å²) >= 11 is 0. The van der Waals surface area contributed by atoms with Gasteiger partial charge < -0.3 is 5.73 Å². The minimum atomic E-state index is 0.316. The van der Waals surface area contributed by atoms with Gasteiger partial charge in [-0.05, 0) is 30.6 Å². The third-order valence-corrected chi connectivity index (χ3v) is 4.79. The normalized spacial score (nSPS) is 45.5. The van der Waals surface area contributed by atoms with Crippen LogP contribution in [0.1, 0.15) is 51.4 Å². The molecule has 0 saturated heterocycles. The Kier molecular flexibility index (Phi) is 1.74. The summed E-state index contributed by atoms with van der Waals surface area (Å²) in [4.78, 5) is 0. The fourth-order valence-corrected chi connectivity index (χ4v) is 3.30. The first-order valence-electron chi connectivity index (χ1n) is 6.07. The van der Waals surface area contributed by atoms with E-state index in [9.17, 15) is 0 Å². The average Bonchev–Trinajstić information content (AvgIpc) is 2.52. The zero-order valence-corrected chi connectivity index (χ0v) is 8.47. The Bertz CT molecular complexity index is 205. The van der Waals surface area contributed by atoms with Crippen molar-refractivity contribution >= 4 is 0 Å². The van der Waals surface area contributed by atoms with Crippen molar-refractivity contribution in [1.82, 2.24) is 0 Å². The van der Waals surface area contributed by atoms with Gasteiger partial charge in [0.2, 0.25) is 0 Å². The number of rotatable bonds is 3. The van der Waals surface area contributed by atoms with Crippen molar-refractivity contribution in [3.8, 4) is 0 Å². The van der Waals surface area contributed by atoms with Crippen molar-refractivity contribution in [2.24, 2.45) is 23.5 Å². The Morgan fingerprint density at radius 1 is 1.08 bits per heavy atom. The quantitative estimate of drug-likeness (QED) is 0.708. The molecule has 13 heavy (non-hydrogen) atoms. The first-order valence-corrected chi connectivity index (χ1v) is 6.07. The van der Waals surface area contributed by atoms with Gasteiger partial charge in [-0.15, -0.1) is 0 Å². The van der Waals surface area contributed by atoms with Crippen molar-refractivity contribution in [3.63, 3.8) is 0 Å². The molecule has 0 radical (unpaired) electrons. The lowest BCUT2D eigenvalue weighted by Crippen LogP contribution is -2.33. The van der Waals surface area contributed by atoms with Crippen LogP contribution in [0.3, 0.4) is 0 Å². The Labute approximate surface area is 81.1 Å². The van der Waals surface area contributed by atoms with Gasteiger partial charge >= 0.3 is 0 Å². The van der Waals surface area contributed by atoms with Crippen LogP contribution in [0.5, 0.6) is 0 Å². The molecule has 2 N–H and O–H groups in total. The van der Waals surface area contributed by atoms with Crippen molar-refractivity contribution in [1.29, 1.82) is 0 Å². The maximum atomic E-state index is 6.41. The average molecular weight is 179 g/mol. The van der Waals surface area contributed by atoms with Gasteiger partial charge in [0.25, 0.3) is 0 Å². The predicted molar refractivity (Wildman–Crippen MR) is 54.3 cm³/mol. The van der Waals surface area contributed by atoms with Crippen LogP contribution in [-0.4, -0.2) is 5.54 Å². The van der Waals surface area contributed by atoms with Crippen LogP contribution < -0.4 is 5.73 Å². The van der Waals surface area contributed by atoms with Crippen LogP contribution in [-0.2, 0) is 0 Å². The highest BCUT2D eigenvalue weighted by Gasteiger charge is 2.56. The van der Waals surface area contributed by atoms with E-state index in [1.54, 1.807) is 0 Å². The van der Waals surface area contributed by atoms with Gasteiger partial charge in [-0.25, -0.2) is 0 Å². The van der Waals surface area contributed by atoms with E-state index in [0.717, 1.165) is 17.8 Å². The topological polar surface area (TPSA) is 26.0 Å². The first-order chi connectivity index (χ1) is 6.28. The third kappa shape index (κ3) is 1.32. The lowest BCUT2D eigenvalue weighted by Gasteiger charge is -2.32. The van der Waals surface area contributed by atoms with Gasteiger partial charge in [0, 0.05) is 5.54 Å².